The van der Waals surface area contributed by atoms with Crippen LogP contribution < -0.4 is 5.32 Å². The first kappa shape index (κ1) is 18.3. The molecule has 1 atom stereocenters. The molecule has 0 unspecified atom stereocenters. The summed E-state index contributed by atoms with van der Waals surface area (Å²) in [5.74, 6) is -0.269. The van der Waals surface area contributed by atoms with Gasteiger partial charge in [-0.3, -0.25) is 0 Å². The molecule has 1 N–H and O–H groups in total. The highest BCUT2D eigenvalue weighted by molar-refractivity contribution is 5.75. The topological polar surface area (TPSA) is 67.9 Å². The van der Waals surface area contributed by atoms with Gasteiger partial charge in [-0.1, -0.05) is 30.3 Å². The Labute approximate surface area is 143 Å². The van der Waals surface area contributed by atoms with E-state index in [1.54, 1.807) is 5.06 Å². The molecule has 0 bridgehead atoms. The Hall–Kier alpha value is -2.08. The number of piperidine rings is 1. The van der Waals surface area contributed by atoms with Gasteiger partial charge in [-0.2, -0.15) is 0 Å². The number of hydroxylamine groups is 2. The van der Waals surface area contributed by atoms with Gasteiger partial charge in [0.2, 0.25) is 0 Å². The number of nitrogens with zero attached hydrogens (tertiary/aromatic N) is 1. The molecule has 2 rings (SSSR count). The van der Waals surface area contributed by atoms with Crippen LogP contribution in [-0.4, -0.2) is 36.3 Å². The largest absolute Gasteiger partial charge is 0.445 e. The van der Waals surface area contributed by atoms with Gasteiger partial charge in [0, 0.05) is 12.6 Å². The molecular formula is C18H26N2O4. The van der Waals surface area contributed by atoms with Crippen molar-refractivity contribution in [3.05, 3.63) is 35.9 Å². The molecule has 24 heavy (non-hydrogen) atoms. The quantitative estimate of drug-likeness (QED) is 0.917. The first-order chi connectivity index (χ1) is 11.3. The minimum Gasteiger partial charge on any atom is -0.445 e. The van der Waals surface area contributed by atoms with Crippen molar-refractivity contribution >= 4 is 12.1 Å². The van der Waals surface area contributed by atoms with E-state index in [2.05, 4.69) is 5.32 Å². The zero-order chi connectivity index (χ0) is 17.6. The smallest absolute Gasteiger partial charge is 0.407 e. The van der Waals surface area contributed by atoms with Crippen LogP contribution in [0.25, 0.3) is 0 Å². The number of amides is 1. The number of hydrogen-bond donors (Lipinski definition) is 1. The first-order valence-corrected chi connectivity index (χ1v) is 8.29. The number of hydrogen-bond acceptors (Lipinski definition) is 5. The van der Waals surface area contributed by atoms with Crippen molar-refractivity contribution < 1.29 is 19.2 Å². The molecule has 0 aromatic heterocycles. The highest BCUT2D eigenvalue weighted by atomic mass is 16.7. The Kier molecular flexibility index (Phi) is 6.20. The van der Waals surface area contributed by atoms with E-state index in [1.165, 1.54) is 0 Å². The lowest BCUT2D eigenvalue weighted by molar-refractivity contribution is -0.205. The van der Waals surface area contributed by atoms with E-state index in [0.717, 1.165) is 18.4 Å². The van der Waals surface area contributed by atoms with Crippen LogP contribution in [0.3, 0.4) is 0 Å². The lowest BCUT2D eigenvalue weighted by Crippen LogP contribution is -2.49. The number of carbonyl (C=O) groups excluding carboxylic acids is 2. The van der Waals surface area contributed by atoms with E-state index in [9.17, 15) is 9.59 Å². The second-order valence-corrected chi connectivity index (χ2v) is 7.06. The second kappa shape index (κ2) is 8.15. The van der Waals surface area contributed by atoms with Crippen LogP contribution in [0.2, 0.25) is 0 Å². The van der Waals surface area contributed by atoms with Crippen molar-refractivity contribution in [2.24, 2.45) is 5.41 Å². The van der Waals surface area contributed by atoms with E-state index in [0.29, 0.717) is 13.1 Å². The van der Waals surface area contributed by atoms with Crippen molar-refractivity contribution in [1.29, 1.82) is 0 Å². The summed E-state index contributed by atoms with van der Waals surface area (Å²) in [4.78, 5) is 29.3. The number of carbonyl (C=O) groups is 2. The molecule has 1 fully saturated rings. The minimum absolute atomic E-state index is 0.0882. The van der Waals surface area contributed by atoms with Gasteiger partial charge in [0.25, 0.3) is 0 Å². The molecule has 0 spiro atoms. The molecule has 0 aliphatic carbocycles. The standard InChI is InChI=1S/C18H26N2O4/c1-18(2,3)16(21)24-20-11-7-10-15(12-20)19-17(22)23-13-14-8-5-4-6-9-14/h4-6,8-9,15H,7,10-13H2,1-3H3,(H,19,22)/t15-/m0/s1. The Morgan fingerprint density at radius 1 is 1.25 bits per heavy atom. The molecule has 1 aromatic rings. The summed E-state index contributed by atoms with van der Waals surface area (Å²) >= 11 is 0. The van der Waals surface area contributed by atoms with Gasteiger partial charge in [-0.25, -0.2) is 9.59 Å². The van der Waals surface area contributed by atoms with E-state index < -0.39 is 11.5 Å². The Balaban J connectivity index is 1.76. The van der Waals surface area contributed by atoms with Crippen molar-refractivity contribution in [1.82, 2.24) is 10.4 Å². The Morgan fingerprint density at radius 2 is 1.96 bits per heavy atom. The van der Waals surface area contributed by atoms with E-state index in [1.807, 2.05) is 51.1 Å². The third-order valence-electron chi connectivity index (χ3n) is 3.74. The summed E-state index contributed by atoms with van der Waals surface area (Å²) < 4.78 is 5.23. The Morgan fingerprint density at radius 3 is 2.62 bits per heavy atom. The summed E-state index contributed by atoms with van der Waals surface area (Å²) in [6.45, 7) is 6.84. The molecule has 6 nitrogen and oxygen atoms in total. The first-order valence-electron chi connectivity index (χ1n) is 8.29. The van der Waals surface area contributed by atoms with Crippen LogP contribution in [-0.2, 0) is 21.0 Å². The maximum Gasteiger partial charge on any atom is 0.407 e. The molecule has 6 heteroatoms. The van der Waals surface area contributed by atoms with Crippen LogP contribution >= 0.6 is 0 Å². The molecule has 1 amide bonds. The molecular weight excluding hydrogens is 308 g/mol. The Bertz CT molecular complexity index is 554. The number of nitrogens with one attached hydrogen (secondary N) is 1. The molecule has 1 aromatic carbocycles. The van der Waals surface area contributed by atoms with E-state index in [-0.39, 0.29) is 18.6 Å². The molecule has 1 saturated heterocycles. The lowest BCUT2D eigenvalue weighted by atomic mass is 9.98. The third kappa shape index (κ3) is 5.85. The highest BCUT2D eigenvalue weighted by Crippen LogP contribution is 2.18. The van der Waals surface area contributed by atoms with Gasteiger partial charge < -0.3 is 14.9 Å². The van der Waals surface area contributed by atoms with Gasteiger partial charge in [0.1, 0.15) is 6.61 Å². The molecule has 132 valence electrons. The van der Waals surface area contributed by atoms with E-state index in [4.69, 9.17) is 9.57 Å². The van der Waals surface area contributed by atoms with Gasteiger partial charge in [0.05, 0.1) is 12.0 Å². The van der Waals surface area contributed by atoms with Crippen LogP contribution in [0.4, 0.5) is 4.79 Å². The summed E-state index contributed by atoms with van der Waals surface area (Å²) in [7, 11) is 0. The normalized spacial score (nSPS) is 18.7. The van der Waals surface area contributed by atoms with Crippen molar-refractivity contribution in [2.75, 3.05) is 13.1 Å². The van der Waals surface area contributed by atoms with Crippen molar-refractivity contribution in [3.63, 3.8) is 0 Å². The monoisotopic (exact) mass is 334 g/mol. The number of alkyl carbamates (subject to hydrolysis) is 1. The fourth-order valence-electron chi connectivity index (χ4n) is 2.33. The van der Waals surface area contributed by atoms with Crippen molar-refractivity contribution in [2.45, 2.75) is 46.3 Å². The summed E-state index contributed by atoms with van der Waals surface area (Å²) in [6, 6.07) is 9.44. The maximum absolute atomic E-state index is 11.9. The van der Waals surface area contributed by atoms with Crippen LogP contribution in [0.15, 0.2) is 30.3 Å². The average molecular weight is 334 g/mol. The lowest BCUT2D eigenvalue weighted by Gasteiger charge is -2.32. The zero-order valence-electron chi connectivity index (χ0n) is 14.6. The number of ether oxygens (including phenoxy) is 1. The van der Waals surface area contributed by atoms with Crippen molar-refractivity contribution in [3.8, 4) is 0 Å². The van der Waals surface area contributed by atoms with Gasteiger partial charge >= 0.3 is 12.1 Å². The van der Waals surface area contributed by atoms with E-state index >= 15 is 0 Å². The highest BCUT2D eigenvalue weighted by Gasteiger charge is 2.29. The second-order valence-electron chi connectivity index (χ2n) is 7.06. The van der Waals surface area contributed by atoms with Gasteiger partial charge in [-0.15, -0.1) is 5.06 Å². The molecule has 1 heterocycles. The van der Waals surface area contributed by atoms with Gasteiger partial charge in [-0.05, 0) is 39.2 Å². The van der Waals surface area contributed by atoms with Gasteiger partial charge in [0.15, 0.2) is 0 Å². The van der Waals surface area contributed by atoms with Crippen LogP contribution in [0, 0.1) is 5.41 Å². The predicted octanol–water partition coefficient (Wildman–Crippen LogP) is 2.88. The number of rotatable bonds is 4. The maximum atomic E-state index is 11.9. The average Bonchev–Trinajstić information content (AvgIpc) is 2.53. The molecule has 1 aliphatic rings. The fourth-order valence-corrected chi connectivity index (χ4v) is 2.33. The fraction of sp³-hybridized carbons (Fsp3) is 0.556. The summed E-state index contributed by atoms with van der Waals surface area (Å²) in [5.41, 5.74) is 0.395. The summed E-state index contributed by atoms with van der Waals surface area (Å²) in [6.07, 6.45) is 1.23. The summed E-state index contributed by atoms with van der Waals surface area (Å²) in [5, 5.41) is 4.46. The number of benzene rings is 1. The SMILES string of the molecule is CC(C)(C)C(=O)ON1CCC[C@H](NC(=O)OCc2ccccc2)C1. The van der Waals surface area contributed by atoms with Crippen LogP contribution in [0.5, 0.6) is 0 Å². The third-order valence-corrected chi connectivity index (χ3v) is 3.74. The molecule has 1 aliphatic heterocycles. The minimum atomic E-state index is -0.547. The van der Waals surface area contributed by atoms with Crippen LogP contribution in [0.1, 0.15) is 39.2 Å². The predicted molar refractivity (Wildman–Crippen MR) is 89.9 cm³/mol. The molecule has 0 radical (unpaired) electrons. The zero-order valence-corrected chi connectivity index (χ0v) is 14.6. The molecule has 0 saturated carbocycles.